The summed E-state index contributed by atoms with van der Waals surface area (Å²) in [6.45, 7) is 5.04. The van der Waals surface area contributed by atoms with Gasteiger partial charge in [0.15, 0.2) is 0 Å². The normalized spacial score (nSPS) is 14.7. The molecule has 0 saturated heterocycles. The molecule has 0 aliphatic rings. The highest BCUT2D eigenvalue weighted by molar-refractivity contribution is 7.85. The summed E-state index contributed by atoms with van der Waals surface area (Å²) in [5.74, 6) is 0.321. The molecule has 1 aromatic rings. The molecule has 16 heavy (non-hydrogen) atoms. The van der Waals surface area contributed by atoms with E-state index in [1.165, 1.54) is 12.1 Å². The van der Waals surface area contributed by atoms with Crippen LogP contribution < -0.4 is 5.32 Å². The van der Waals surface area contributed by atoms with Crippen LogP contribution in [0.15, 0.2) is 29.2 Å². The molecule has 0 heterocycles. The highest BCUT2D eigenvalue weighted by atomic mass is 32.2. The van der Waals surface area contributed by atoms with Gasteiger partial charge >= 0.3 is 0 Å². The average Bonchev–Trinajstić information content (AvgIpc) is 2.27. The molecular weight excluding hydrogens is 225 g/mol. The lowest BCUT2D eigenvalue weighted by atomic mass is 10.3. The number of halogens is 1. The summed E-state index contributed by atoms with van der Waals surface area (Å²) in [6, 6.07) is 6.24. The van der Waals surface area contributed by atoms with Crippen molar-refractivity contribution in [3.05, 3.63) is 30.1 Å². The fraction of sp³-hybridized carbons (Fsp3) is 0.500. The maximum absolute atomic E-state index is 12.7. The molecule has 0 fully saturated rings. The van der Waals surface area contributed by atoms with E-state index in [0.717, 1.165) is 13.0 Å². The molecule has 0 aliphatic carbocycles. The Morgan fingerprint density at radius 2 is 2.00 bits per heavy atom. The first-order chi connectivity index (χ1) is 7.63. The van der Waals surface area contributed by atoms with Gasteiger partial charge in [-0.05, 0) is 44.2 Å². The van der Waals surface area contributed by atoms with Crippen molar-refractivity contribution in [2.24, 2.45) is 0 Å². The molecule has 0 bridgehead atoms. The summed E-state index contributed by atoms with van der Waals surface area (Å²) < 4.78 is 24.5. The van der Waals surface area contributed by atoms with Crippen molar-refractivity contribution in [3.63, 3.8) is 0 Å². The number of rotatable bonds is 6. The van der Waals surface area contributed by atoms with E-state index in [1.807, 2.05) is 6.92 Å². The van der Waals surface area contributed by atoms with Crippen molar-refractivity contribution < 1.29 is 8.60 Å². The summed E-state index contributed by atoms with van der Waals surface area (Å²) >= 11 is 0. The molecule has 0 radical (unpaired) electrons. The number of hydrogen-bond donors (Lipinski definition) is 1. The standard InChI is InChI=1S/C12H18FNOS/c1-3-14-10(2)8-9-16(15)12-6-4-11(13)5-7-12/h4-7,10,14H,3,8-9H2,1-2H3. The van der Waals surface area contributed by atoms with Gasteiger partial charge < -0.3 is 5.32 Å². The maximum Gasteiger partial charge on any atom is 0.123 e. The largest absolute Gasteiger partial charge is 0.315 e. The topological polar surface area (TPSA) is 29.1 Å². The lowest BCUT2D eigenvalue weighted by Crippen LogP contribution is -2.27. The van der Waals surface area contributed by atoms with Crippen LogP contribution in [0.25, 0.3) is 0 Å². The Kier molecular flexibility index (Phi) is 5.63. The summed E-state index contributed by atoms with van der Waals surface area (Å²) in [5, 5.41) is 3.27. The van der Waals surface area contributed by atoms with Gasteiger partial charge in [-0.3, -0.25) is 4.21 Å². The van der Waals surface area contributed by atoms with Gasteiger partial charge in [-0.15, -0.1) is 0 Å². The van der Waals surface area contributed by atoms with Crippen LogP contribution >= 0.6 is 0 Å². The van der Waals surface area contributed by atoms with E-state index >= 15 is 0 Å². The maximum atomic E-state index is 12.7. The predicted molar refractivity (Wildman–Crippen MR) is 65.4 cm³/mol. The Labute approximate surface area is 98.7 Å². The molecule has 90 valence electrons. The molecule has 0 spiro atoms. The first-order valence-corrected chi connectivity index (χ1v) is 6.82. The van der Waals surface area contributed by atoms with Gasteiger partial charge in [0, 0.05) is 16.7 Å². The van der Waals surface area contributed by atoms with Crippen LogP contribution in [0.2, 0.25) is 0 Å². The zero-order valence-corrected chi connectivity index (χ0v) is 10.5. The second-order valence-electron chi connectivity index (χ2n) is 3.75. The number of hydrogen-bond acceptors (Lipinski definition) is 2. The van der Waals surface area contributed by atoms with Crippen molar-refractivity contribution in [3.8, 4) is 0 Å². The number of benzene rings is 1. The van der Waals surface area contributed by atoms with E-state index in [1.54, 1.807) is 12.1 Å². The van der Waals surface area contributed by atoms with Gasteiger partial charge in [0.2, 0.25) is 0 Å². The van der Waals surface area contributed by atoms with Crippen LogP contribution in [-0.4, -0.2) is 22.5 Å². The third kappa shape index (κ3) is 4.41. The Bertz CT molecular complexity index is 339. The average molecular weight is 243 g/mol. The lowest BCUT2D eigenvalue weighted by Gasteiger charge is -2.11. The summed E-state index contributed by atoms with van der Waals surface area (Å²) in [7, 11) is -1.02. The van der Waals surface area contributed by atoms with E-state index in [4.69, 9.17) is 0 Å². The van der Waals surface area contributed by atoms with Gasteiger partial charge in [0.1, 0.15) is 5.82 Å². The Balaban J connectivity index is 2.43. The van der Waals surface area contributed by atoms with Crippen LogP contribution in [0.3, 0.4) is 0 Å². The second-order valence-corrected chi connectivity index (χ2v) is 5.32. The Morgan fingerprint density at radius 1 is 1.38 bits per heavy atom. The fourth-order valence-electron chi connectivity index (χ4n) is 1.44. The minimum absolute atomic E-state index is 0.290. The van der Waals surface area contributed by atoms with Crippen LogP contribution in [0.1, 0.15) is 20.3 Å². The Hall–Kier alpha value is -0.740. The fourth-order valence-corrected chi connectivity index (χ4v) is 2.68. The minimum Gasteiger partial charge on any atom is -0.315 e. The smallest absolute Gasteiger partial charge is 0.123 e. The van der Waals surface area contributed by atoms with Crippen LogP contribution in [0.5, 0.6) is 0 Å². The zero-order chi connectivity index (χ0) is 12.0. The van der Waals surface area contributed by atoms with Crippen molar-refractivity contribution in [1.29, 1.82) is 0 Å². The molecule has 4 heteroatoms. The van der Waals surface area contributed by atoms with Gasteiger partial charge in [-0.25, -0.2) is 4.39 Å². The third-order valence-corrected chi connectivity index (χ3v) is 3.77. The molecule has 0 aromatic heterocycles. The summed E-state index contributed by atoms with van der Waals surface area (Å²) in [6.07, 6.45) is 0.859. The molecule has 0 saturated carbocycles. The quantitative estimate of drug-likeness (QED) is 0.831. The molecule has 1 aromatic carbocycles. The van der Waals surface area contributed by atoms with Crippen molar-refractivity contribution >= 4 is 10.8 Å². The SMILES string of the molecule is CCNC(C)CCS(=O)c1ccc(F)cc1. The monoisotopic (exact) mass is 243 g/mol. The second kappa shape index (κ2) is 6.76. The van der Waals surface area contributed by atoms with Crippen LogP contribution in [0.4, 0.5) is 4.39 Å². The predicted octanol–water partition coefficient (Wildman–Crippen LogP) is 2.32. The first-order valence-electron chi connectivity index (χ1n) is 5.50. The van der Waals surface area contributed by atoms with Gasteiger partial charge in [-0.1, -0.05) is 6.92 Å². The highest BCUT2D eigenvalue weighted by Gasteiger charge is 2.06. The molecule has 0 aliphatic heterocycles. The van der Waals surface area contributed by atoms with Crippen molar-refractivity contribution in [2.45, 2.75) is 31.2 Å². The van der Waals surface area contributed by atoms with Crippen LogP contribution in [-0.2, 0) is 10.8 Å². The minimum atomic E-state index is -1.02. The number of nitrogens with one attached hydrogen (secondary N) is 1. The summed E-state index contributed by atoms with van der Waals surface area (Å²) in [5.41, 5.74) is 0. The lowest BCUT2D eigenvalue weighted by molar-refractivity contribution is 0.553. The van der Waals surface area contributed by atoms with Gasteiger partial charge in [0.25, 0.3) is 0 Å². The van der Waals surface area contributed by atoms with E-state index in [0.29, 0.717) is 16.7 Å². The molecule has 2 nitrogen and oxygen atoms in total. The van der Waals surface area contributed by atoms with Gasteiger partial charge in [-0.2, -0.15) is 0 Å². The van der Waals surface area contributed by atoms with E-state index < -0.39 is 10.8 Å². The molecule has 1 rings (SSSR count). The van der Waals surface area contributed by atoms with E-state index in [-0.39, 0.29) is 5.82 Å². The third-order valence-electron chi connectivity index (χ3n) is 2.37. The zero-order valence-electron chi connectivity index (χ0n) is 9.70. The van der Waals surface area contributed by atoms with Gasteiger partial charge in [0.05, 0.1) is 10.8 Å². The summed E-state index contributed by atoms with van der Waals surface area (Å²) in [4.78, 5) is 0.699. The molecule has 0 amide bonds. The van der Waals surface area contributed by atoms with Crippen molar-refractivity contribution in [1.82, 2.24) is 5.32 Å². The molecule has 2 unspecified atom stereocenters. The molecule has 2 atom stereocenters. The Morgan fingerprint density at radius 3 is 2.56 bits per heavy atom. The van der Waals surface area contributed by atoms with E-state index in [9.17, 15) is 8.60 Å². The molecule has 1 N–H and O–H groups in total. The van der Waals surface area contributed by atoms with Crippen LogP contribution in [0, 0.1) is 5.82 Å². The highest BCUT2D eigenvalue weighted by Crippen LogP contribution is 2.09. The molecular formula is C12H18FNOS. The first kappa shape index (κ1) is 13.3. The van der Waals surface area contributed by atoms with E-state index in [2.05, 4.69) is 12.2 Å². The van der Waals surface area contributed by atoms with Crippen molar-refractivity contribution in [2.75, 3.05) is 12.3 Å².